The smallest absolute Gasteiger partial charge is 0.304 e. The molecule has 2 N–H and O–H groups in total. The lowest BCUT2D eigenvalue weighted by Gasteiger charge is -2.25. The van der Waals surface area contributed by atoms with Gasteiger partial charge in [0.2, 0.25) is 5.91 Å². The Bertz CT molecular complexity index is 231. The molecule has 2 unspecified atom stereocenters. The zero-order valence-corrected chi connectivity index (χ0v) is 9.78. The summed E-state index contributed by atoms with van der Waals surface area (Å²) in [4.78, 5) is 23.6. The average Bonchev–Trinajstić information content (AvgIpc) is 2.15. The molecule has 0 spiro atoms. The highest BCUT2D eigenvalue weighted by Crippen LogP contribution is 2.05. The molecule has 0 aliphatic heterocycles. The molecular formula is C10H20N2O3. The van der Waals surface area contributed by atoms with Crippen molar-refractivity contribution < 1.29 is 14.7 Å². The molecule has 0 aliphatic rings. The maximum absolute atomic E-state index is 11.2. The van der Waals surface area contributed by atoms with Crippen LogP contribution in [0.3, 0.4) is 0 Å². The summed E-state index contributed by atoms with van der Waals surface area (Å²) in [6.07, 6.45) is 0.0942. The Hall–Kier alpha value is -1.10. The fraction of sp³-hybridized carbons (Fsp3) is 0.800. The van der Waals surface area contributed by atoms with Crippen molar-refractivity contribution >= 4 is 11.9 Å². The van der Waals surface area contributed by atoms with Gasteiger partial charge in [0.15, 0.2) is 0 Å². The second-order valence-electron chi connectivity index (χ2n) is 3.90. The van der Waals surface area contributed by atoms with E-state index in [0.717, 1.165) is 0 Å². The molecule has 0 aliphatic carbocycles. The number of hydrogen-bond acceptors (Lipinski definition) is 3. The molecule has 0 fully saturated rings. The van der Waals surface area contributed by atoms with Gasteiger partial charge in [0.05, 0.1) is 6.42 Å². The lowest BCUT2D eigenvalue weighted by molar-refractivity contribution is -0.138. The number of rotatable bonds is 6. The van der Waals surface area contributed by atoms with Crippen LogP contribution in [-0.4, -0.2) is 48.6 Å². The standard InChI is InChI=1S/C10H20N2O3/c1-7(10(15)11-3)6-12(4)8(2)5-9(13)14/h7-8H,5-6H2,1-4H3,(H,11,15)(H,13,14). The summed E-state index contributed by atoms with van der Waals surface area (Å²) >= 11 is 0. The van der Waals surface area contributed by atoms with Crippen LogP contribution in [0.25, 0.3) is 0 Å². The molecule has 15 heavy (non-hydrogen) atoms. The highest BCUT2D eigenvalue weighted by molar-refractivity contribution is 5.78. The number of hydrogen-bond donors (Lipinski definition) is 2. The zero-order valence-electron chi connectivity index (χ0n) is 9.78. The first-order valence-corrected chi connectivity index (χ1v) is 5.02. The van der Waals surface area contributed by atoms with Gasteiger partial charge in [-0.3, -0.25) is 9.59 Å². The molecule has 0 aromatic heterocycles. The molecule has 88 valence electrons. The molecule has 0 saturated heterocycles. The van der Waals surface area contributed by atoms with Crippen LogP contribution >= 0.6 is 0 Å². The van der Waals surface area contributed by atoms with Gasteiger partial charge in [0, 0.05) is 25.6 Å². The molecule has 5 heteroatoms. The molecule has 1 amide bonds. The molecule has 0 saturated carbocycles. The van der Waals surface area contributed by atoms with E-state index in [4.69, 9.17) is 5.11 Å². The van der Waals surface area contributed by atoms with Crippen molar-refractivity contribution in [3.05, 3.63) is 0 Å². The van der Waals surface area contributed by atoms with Crippen LogP contribution < -0.4 is 5.32 Å². The van der Waals surface area contributed by atoms with E-state index in [9.17, 15) is 9.59 Å². The first kappa shape index (κ1) is 13.9. The third-order valence-electron chi connectivity index (χ3n) is 2.48. The summed E-state index contributed by atoms with van der Waals surface area (Å²) in [6.45, 7) is 4.22. The molecule has 0 aromatic rings. The van der Waals surface area contributed by atoms with Crippen LogP contribution in [0.1, 0.15) is 20.3 Å². The van der Waals surface area contributed by atoms with Crippen LogP contribution in [0.15, 0.2) is 0 Å². The van der Waals surface area contributed by atoms with Gasteiger partial charge in [0.25, 0.3) is 0 Å². The third-order valence-corrected chi connectivity index (χ3v) is 2.48. The summed E-state index contributed by atoms with van der Waals surface area (Å²) in [6, 6.07) is -0.0605. The molecule has 0 radical (unpaired) electrons. The third kappa shape index (κ3) is 5.37. The molecule has 0 aromatic carbocycles. The zero-order chi connectivity index (χ0) is 12.0. The van der Waals surface area contributed by atoms with E-state index in [1.165, 1.54) is 0 Å². The van der Waals surface area contributed by atoms with Crippen molar-refractivity contribution in [2.45, 2.75) is 26.3 Å². The quantitative estimate of drug-likeness (QED) is 0.663. The van der Waals surface area contributed by atoms with Gasteiger partial charge in [-0.25, -0.2) is 0 Å². The Morgan fingerprint density at radius 3 is 2.33 bits per heavy atom. The van der Waals surface area contributed by atoms with E-state index in [-0.39, 0.29) is 24.3 Å². The van der Waals surface area contributed by atoms with E-state index in [1.54, 1.807) is 7.05 Å². The number of carbonyl (C=O) groups excluding carboxylic acids is 1. The van der Waals surface area contributed by atoms with Crippen molar-refractivity contribution in [2.75, 3.05) is 20.6 Å². The minimum absolute atomic E-state index is 0.0237. The second kappa shape index (κ2) is 6.40. The normalized spacial score (nSPS) is 14.7. The van der Waals surface area contributed by atoms with Gasteiger partial charge in [-0.05, 0) is 14.0 Å². The molecule has 0 bridgehead atoms. The number of carbonyl (C=O) groups is 2. The Balaban J connectivity index is 4.06. The first-order chi connectivity index (χ1) is 6.88. The number of aliphatic carboxylic acids is 1. The Kier molecular flexibility index (Phi) is 5.93. The largest absolute Gasteiger partial charge is 0.481 e. The van der Waals surface area contributed by atoms with Crippen LogP contribution in [0.2, 0.25) is 0 Å². The second-order valence-corrected chi connectivity index (χ2v) is 3.90. The van der Waals surface area contributed by atoms with E-state index >= 15 is 0 Å². The number of amides is 1. The predicted octanol–water partition coefficient (Wildman–Crippen LogP) is 0.164. The lowest BCUT2D eigenvalue weighted by atomic mass is 10.1. The number of nitrogens with one attached hydrogen (secondary N) is 1. The first-order valence-electron chi connectivity index (χ1n) is 5.02. The fourth-order valence-corrected chi connectivity index (χ4v) is 1.35. The minimum Gasteiger partial charge on any atom is -0.481 e. The summed E-state index contributed by atoms with van der Waals surface area (Å²) < 4.78 is 0. The fourth-order valence-electron chi connectivity index (χ4n) is 1.35. The van der Waals surface area contributed by atoms with Crippen molar-refractivity contribution in [1.29, 1.82) is 0 Å². The topological polar surface area (TPSA) is 69.6 Å². The number of nitrogens with zero attached hydrogens (tertiary/aromatic N) is 1. The van der Waals surface area contributed by atoms with Gasteiger partial charge < -0.3 is 15.3 Å². The summed E-state index contributed by atoms with van der Waals surface area (Å²) in [5.74, 6) is -0.970. The van der Waals surface area contributed by atoms with Crippen molar-refractivity contribution in [2.24, 2.45) is 5.92 Å². The van der Waals surface area contributed by atoms with Gasteiger partial charge in [-0.1, -0.05) is 6.92 Å². The van der Waals surface area contributed by atoms with Crippen molar-refractivity contribution in [3.8, 4) is 0 Å². The van der Waals surface area contributed by atoms with E-state index < -0.39 is 5.97 Å². The van der Waals surface area contributed by atoms with E-state index in [2.05, 4.69) is 5.32 Å². The van der Waals surface area contributed by atoms with Crippen LogP contribution in [0.4, 0.5) is 0 Å². The van der Waals surface area contributed by atoms with Crippen LogP contribution in [0.5, 0.6) is 0 Å². The van der Waals surface area contributed by atoms with Gasteiger partial charge in [-0.15, -0.1) is 0 Å². The molecular weight excluding hydrogens is 196 g/mol. The highest BCUT2D eigenvalue weighted by atomic mass is 16.4. The van der Waals surface area contributed by atoms with Crippen LogP contribution in [-0.2, 0) is 9.59 Å². The predicted molar refractivity (Wildman–Crippen MR) is 57.6 cm³/mol. The minimum atomic E-state index is -0.818. The highest BCUT2D eigenvalue weighted by Gasteiger charge is 2.18. The lowest BCUT2D eigenvalue weighted by Crippen LogP contribution is -2.39. The van der Waals surface area contributed by atoms with E-state index in [0.29, 0.717) is 6.54 Å². The Labute approximate surface area is 90.5 Å². The van der Waals surface area contributed by atoms with Gasteiger partial charge >= 0.3 is 5.97 Å². The monoisotopic (exact) mass is 216 g/mol. The van der Waals surface area contributed by atoms with E-state index in [1.807, 2.05) is 25.8 Å². The van der Waals surface area contributed by atoms with Gasteiger partial charge in [0.1, 0.15) is 0 Å². The molecule has 0 rings (SSSR count). The maximum Gasteiger partial charge on any atom is 0.304 e. The molecule has 2 atom stereocenters. The summed E-state index contributed by atoms with van der Waals surface area (Å²) in [7, 11) is 3.42. The number of carboxylic acids is 1. The van der Waals surface area contributed by atoms with Crippen LogP contribution in [0, 0.1) is 5.92 Å². The Morgan fingerprint density at radius 1 is 1.40 bits per heavy atom. The molecule has 0 heterocycles. The Morgan fingerprint density at radius 2 is 1.93 bits per heavy atom. The summed E-state index contributed by atoms with van der Waals surface area (Å²) in [5.41, 5.74) is 0. The molecule has 5 nitrogen and oxygen atoms in total. The average molecular weight is 216 g/mol. The summed E-state index contributed by atoms with van der Waals surface area (Å²) in [5, 5.41) is 11.2. The van der Waals surface area contributed by atoms with Gasteiger partial charge in [-0.2, -0.15) is 0 Å². The van der Waals surface area contributed by atoms with Crippen molar-refractivity contribution in [3.63, 3.8) is 0 Å². The number of carboxylic acid groups (broad SMARTS) is 1. The van der Waals surface area contributed by atoms with Crippen molar-refractivity contribution in [1.82, 2.24) is 10.2 Å². The maximum atomic E-state index is 11.2. The SMILES string of the molecule is CNC(=O)C(C)CN(C)C(C)CC(=O)O.